The molecule has 0 fully saturated rings. The minimum atomic E-state index is -3.78. The molecule has 0 unspecified atom stereocenters. The summed E-state index contributed by atoms with van der Waals surface area (Å²) in [6, 6.07) is 13.6. The smallest absolute Gasteiger partial charge is 0.262 e. The first kappa shape index (κ1) is 23.0. The van der Waals surface area contributed by atoms with E-state index in [0.29, 0.717) is 53.0 Å². The van der Waals surface area contributed by atoms with E-state index in [2.05, 4.69) is 20.1 Å². The Bertz CT molecular complexity index is 1350. The van der Waals surface area contributed by atoms with Crippen molar-refractivity contribution in [1.82, 2.24) is 14.5 Å². The van der Waals surface area contributed by atoms with E-state index in [-0.39, 0.29) is 10.8 Å². The molecule has 10 heteroatoms. The Morgan fingerprint density at radius 3 is 2.67 bits per heavy atom. The molecular formula is C23H24ClN5O3S. The van der Waals surface area contributed by atoms with Gasteiger partial charge >= 0.3 is 0 Å². The number of amidine groups is 1. The molecule has 0 aliphatic carbocycles. The molecule has 8 nitrogen and oxygen atoms in total. The molecular weight excluding hydrogens is 462 g/mol. The fourth-order valence-electron chi connectivity index (χ4n) is 3.74. The molecule has 0 bridgehead atoms. The van der Waals surface area contributed by atoms with Crippen molar-refractivity contribution in [2.24, 2.45) is 4.99 Å². The van der Waals surface area contributed by atoms with E-state index in [4.69, 9.17) is 11.6 Å². The first-order valence-electron chi connectivity index (χ1n) is 10.5. The summed E-state index contributed by atoms with van der Waals surface area (Å²) in [6.07, 6.45) is 1.43. The van der Waals surface area contributed by atoms with Crippen LogP contribution in [0.1, 0.15) is 40.2 Å². The summed E-state index contributed by atoms with van der Waals surface area (Å²) in [7, 11) is -3.78. The molecule has 2 heterocycles. The Labute approximate surface area is 197 Å². The summed E-state index contributed by atoms with van der Waals surface area (Å²) in [5.74, 6) is 0.0969. The molecule has 0 spiro atoms. The van der Waals surface area contributed by atoms with Crippen molar-refractivity contribution < 1.29 is 13.2 Å². The number of benzene rings is 2. The number of nitrogens with one attached hydrogen (secondary N) is 2. The van der Waals surface area contributed by atoms with Crippen LogP contribution in [0.15, 0.2) is 58.4 Å². The van der Waals surface area contributed by atoms with Crippen LogP contribution in [0.3, 0.4) is 0 Å². The molecule has 0 saturated heterocycles. The number of hydrogen-bond acceptors (Lipinski definition) is 5. The topological polar surface area (TPSA) is 105 Å². The van der Waals surface area contributed by atoms with Crippen molar-refractivity contribution in [3.8, 4) is 0 Å². The summed E-state index contributed by atoms with van der Waals surface area (Å²) in [5, 5.41) is 7.93. The average molecular weight is 486 g/mol. The maximum Gasteiger partial charge on any atom is 0.262 e. The van der Waals surface area contributed by atoms with Crippen LogP contribution in [-0.4, -0.2) is 36.5 Å². The van der Waals surface area contributed by atoms with Gasteiger partial charge in [0, 0.05) is 29.4 Å². The molecule has 3 aromatic rings. The standard InChI is InChI=1S/C23H24ClN5O3S/c1-15-22(16(2)29(27-15)14-17-7-3-4-10-20(17)24)23(30)26-18-8-5-9-19(13-18)33(31,32)28-21-11-6-12-25-21/h3-5,7-10,13H,6,11-12,14H2,1-2H3,(H,25,28)(H,26,30). The van der Waals surface area contributed by atoms with Crippen LogP contribution < -0.4 is 10.0 Å². The summed E-state index contributed by atoms with van der Waals surface area (Å²) in [5.41, 5.74) is 2.97. The van der Waals surface area contributed by atoms with E-state index in [9.17, 15) is 13.2 Å². The van der Waals surface area contributed by atoms with E-state index in [0.717, 1.165) is 12.0 Å². The molecule has 33 heavy (non-hydrogen) atoms. The highest BCUT2D eigenvalue weighted by Gasteiger charge is 2.21. The van der Waals surface area contributed by atoms with Crippen molar-refractivity contribution in [2.75, 3.05) is 11.9 Å². The number of aliphatic imine (C=N–C) groups is 1. The number of halogens is 1. The molecule has 0 atom stereocenters. The van der Waals surface area contributed by atoms with Gasteiger partial charge in [0.1, 0.15) is 5.84 Å². The predicted molar refractivity (Wildman–Crippen MR) is 129 cm³/mol. The van der Waals surface area contributed by atoms with Crippen molar-refractivity contribution in [1.29, 1.82) is 0 Å². The number of hydrogen-bond donors (Lipinski definition) is 2. The molecule has 0 radical (unpaired) electrons. The number of aryl methyl sites for hydroxylation is 1. The maximum absolute atomic E-state index is 13.1. The van der Waals surface area contributed by atoms with Gasteiger partial charge in [-0.1, -0.05) is 35.9 Å². The molecule has 1 aliphatic heterocycles. The number of anilines is 1. The van der Waals surface area contributed by atoms with E-state index < -0.39 is 10.0 Å². The highest BCUT2D eigenvalue weighted by atomic mass is 35.5. The van der Waals surface area contributed by atoms with Gasteiger partial charge in [0.2, 0.25) is 0 Å². The van der Waals surface area contributed by atoms with Crippen LogP contribution in [0, 0.1) is 13.8 Å². The first-order valence-corrected chi connectivity index (χ1v) is 12.4. The van der Waals surface area contributed by atoms with Gasteiger partial charge in [0.15, 0.2) is 0 Å². The Kier molecular flexibility index (Phi) is 6.53. The zero-order valence-electron chi connectivity index (χ0n) is 18.3. The molecule has 172 valence electrons. The number of amides is 1. The summed E-state index contributed by atoms with van der Waals surface area (Å²) in [4.78, 5) is 17.3. The van der Waals surface area contributed by atoms with Gasteiger partial charge < -0.3 is 5.32 Å². The second kappa shape index (κ2) is 9.36. The van der Waals surface area contributed by atoms with Crippen LogP contribution in [0.4, 0.5) is 5.69 Å². The SMILES string of the molecule is Cc1nn(Cc2ccccc2Cl)c(C)c1C(=O)Nc1cccc(S(=O)(=O)NC2=NCCC2)c1. The minimum Gasteiger partial charge on any atom is -0.322 e. The lowest BCUT2D eigenvalue weighted by atomic mass is 10.1. The van der Waals surface area contributed by atoms with Gasteiger partial charge in [0.05, 0.1) is 22.7 Å². The van der Waals surface area contributed by atoms with Crippen LogP contribution >= 0.6 is 11.6 Å². The number of aromatic nitrogens is 2. The van der Waals surface area contributed by atoms with Crippen molar-refractivity contribution in [3.63, 3.8) is 0 Å². The maximum atomic E-state index is 13.1. The summed E-state index contributed by atoms with van der Waals surface area (Å²) >= 11 is 6.27. The number of sulfonamides is 1. The second-order valence-corrected chi connectivity index (χ2v) is 9.90. The monoisotopic (exact) mass is 485 g/mol. The molecule has 0 saturated carbocycles. The van der Waals surface area contributed by atoms with Crippen molar-refractivity contribution in [3.05, 3.63) is 76.1 Å². The van der Waals surface area contributed by atoms with E-state index >= 15 is 0 Å². The van der Waals surface area contributed by atoms with Crippen LogP contribution in [0.5, 0.6) is 0 Å². The lowest BCUT2D eigenvalue weighted by Gasteiger charge is -2.10. The summed E-state index contributed by atoms with van der Waals surface area (Å²) in [6.45, 7) is 4.64. The molecule has 4 rings (SSSR count). The van der Waals surface area contributed by atoms with Gasteiger partial charge in [-0.25, -0.2) is 8.42 Å². The Balaban J connectivity index is 1.54. The third kappa shape index (κ3) is 5.09. The molecule has 1 aromatic heterocycles. The number of carbonyl (C=O) groups is 1. The quantitative estimate of drug-likeness (QED) is 0.551. The van der Waals surface area contributed by atoms with Gasteiger partial charge in [0.25, 0.3) is 15.9 Å². The predicted octanol–water partition coefficient (Wildman–Crippen LogP) is 3.92. The lowest BCUT2D eigenvalue weighted by molar-refractivity contribution is 0.102. The highest BCUT2D eigenvalue weighted by molar-refractivity contribution is 7.90. The highest BCUT2D eigenvalue weighted by Crippen LogP contribution is 2.22. The number of nitrogens with zero attached hydrogens (tertiary/aromatic N) is 3. The Hall–Kier alpha value is -3.17. The third-order valence-corrected chi connectivity index (χ3v) is 7.16. The van der Waals surface area contributed by atoms with Crippen LogP contribution in [-0.2, 0) is 16.6 Å². The fourth-order valence-corrected chi connectivity index (χ4v) is 5.07. The van der Waals surface area contributed by atoms with Gasteiger partial charge in [-0.05, 0) is 50.1 Å². The minimum absolute atomic E-state index is 0.0535. The molecule has 2 N–H and O–H groups in total. The van der Waals surface area contributed by atoms with Crippen LogP contribution in [0.25, 0.3) is 0 Å². The first-order chi connectivity index (χ1) is 15.7. The van der Waals surface area contributed by atoms with E-state index in [1.54, 1.807) is 23.7 Å². The summed E-state index contributed by atoms with van der Waals surface area (Å²) < 4.78 is 29.6. The lowest BCUT2D eigenvalue weighted by Crippen LogP contribution is -2.29. The number of carbonyl (C=O) groups excluding carboxylic acids is 1. The average Bonchev–Trinajstić information content (AvgIpc) is 3.37. The molecule has 1 amide bonds. The third-order valence-electron chi connectivity index (χ3n) is 5.42. The molecule has 2 aromatic carbocycles. The van der Waals surface area contributed by atoms with E-state index in [1.807, 2.05) is 31.2 Å². The fraction of sp³-hybridized carbons (Fsp3) is 0.261. The zero-order valence-corrected chi connectivity index (χ0v) is 19.9. The Morgan fingerprint density at radius 1 is 1.15 bits per heavy atom. The normalized spacial score (nSPS) is 13.6. The van der Waals surface area contributed by atoms with Crippen molar-refractivity contribution >= 4 is 39.1 Å². The second-order valence-electron chi connectivity index (χ2n) is 7.81. The largest absolute Gasteiger partial charge is 0.322 e. The molecule has 1 aliphatic rings. The van der Waals surface area contributed by atoms with E-state index in [1.165, 1.54) is 12.1 Å². The van der Waals surface area contributed by atoms with Gasteiger partial charge in [-0.3, -0.25) is 19.2 Å². The number of rotatable bonds is 6. The Morgan fingerprint density at radius 2 is 1.94 bits per heavy atom. The van der Waals surface area contributed by atoms with Crippen LogP contribution in [0.2, 0.25) is 5.02 Å². The van der Waals surface area contributed by atoms with Crippen molar-refractivity contribution in [2.45, 2.75) is 38.1 Å². The van der Waals surface area contributed by atoms with Gasteiger partial charge in [-0.2, -0.15) is 5.10 Å². The zero-order chi connectivity index (χ0) is 23.6. The van der Waals surface area contributed by atoms with Gasteiger partial charge in [-0.15, -0.1) is 0 Å².